The van der Waals surface area contributed by atoms with Gasteiger partial charge in [-0.05, 0) is 11.6 Å². The lowest BCUT2D eigenvalue weighted by Crippen LogP contribution is -2.36. The van der Waals surface area contributed by atoms with Crippen molar-refractivity contribution < 1.29 is 4.74 Å². The van der Waals surface area contributed by atoms with Crippen LogP contribution in [0.25, 0.3) is 33.8 Å². The topological polar surface area (TPSA) is 51.1 Å². The number of aromatic nitrogens is 3. The first-order chi connectivity index (χ1) is 14.9. The molecule has 0 spiro atoms. The minimum atomic E-state index is 0.713. The Morgan fingerprint density at radius 1 is 0.667 bits per heavy atom. The van der Waals surface area contributed by atoms with E-state index in [1.54, 1.807) is 0 Å². The molecule has 0 aliphatic carbocycles. The van der Waals surface area contributed by atoms with Crippen LogP contribution in [-0.2, 0) is 4.74 Å². The lowest BCUT2D eigenvalue weighted by Gasteiger charge is -2.28. The van der Waals surface area contributed by atoms with Crippen LogP contribution in [0.15, 0.2) is 85.2 Å². The SMILES string of the molecule is c1ccc(-c2cncc(-c3cc(N4CCOCC4)nc(-c4ccccc4)n3)c2)cc1. The summed E-state index contributed by atoms with van der Waals surface area (Å²) in [7, 11) is 0. The quantitative estimate of drug-likeness (QED) is 0.502. The fourth-order valence-electron chi connectivity index (χ4n) is 3.62. The molecular formula is C25H22N4O. The molecule has 2 aromatic heterocycles. The molecule has 0 N–H and O–H groups in total. The molecule has 1 aliphatic heterocycles. The van der Waals surface area contributed by atoms with E-state index in [2.05, 4.69) is 34.1 Å². The van der Waals surface area contributed by atoms with Crippen molar-refractivity contribution >= 4 is 5.82 Å². The zero-order valence-electron chi connectivity index (χ0n) is 16.6. The number of hydrogen-bond acceptors (Lipinski definition) is 5. The van der Waals surface area contributed by atoms with Gasteiger partial charge in [-0.15, -0.1) is 0 Å². The Morgan fingerprint density at radius 2 is 1.33 bits per heavy atom. The molecule has 0 amide bonds. The lowest BCUT2D eigenvalue weighted by molar-refractivity contribution is 0.122. The third-order valence-electron chi connectivity index (χ3n) is 5.22. The Kier molecular flexibility index (Phi) is 5.19. The van der Waals surface area contributed by atoms with E-state index in [0.29, 0.717) is 13.2 Å². The first-order valence-electron chi connectivity index (χ1n) is 10.1. The maximum atomic E-state index is 5.52. The summed E-state index contributed by atoms with van der Waals surface area (Å²) in [6.07, 6.45) is 3.76. The van der Waals surface area contributed by atoms with Gasteiger partial charge < -0.3 is 9.64 Å². The van der Waals surface area contributed by atoms with Crippen LogP contribution in [0.3, 0.4) is 0 Å². The molecule has 5 heteroatoms. The van der Waals surface area contributed by atoms with Gasteiger partial charge in [0.2, 0.25) is 0 Å². The zero-order chi connectivity index (χ0) is 20.2. The van der Waals surface area contributed by atoms with Crippen LogP contribution < -0.4 is 4.90 Å². The van der Waals surface area contributed by atoms with Gasteiger partial charge in [-0.3, -0.25) is 4.98 Å². The van der Waals surface area contributed by atoms with Gasteiger partial charge in [0.15, 0.2) is 5.82 Å². The van der Waals surface area contributed by atoms with Crippen molar-refractivity contribution in [3.05, 3.63) is 85.2 Å². The Labute approximate surface area is 176 Å². The summed E-state index contributed by atoms with van der Waals surface area (Å²) in [5, 5.41) is 0. The van der Waals surface area contributed by atoms with E-state index >= 15 is 0 Å². The molecule has 5 nitrogen and oxygen atoms in total. The molecule has 1 fully saturated rings. The summed E-state index contributed by atoms with van der Waals surface area (Å²) >= 11 is 0. The minimum absolute atomic E-state index is 0.713. The number of hydrogen-bond donors (Lipinski definition) is 0. The number of ether oxygens (including phenoxy) is 1. The number of pyridine rings is 1. The summed E-state index contributed by atoms with van der Waals surface area (Å²) in [5.41, 5.74) is 5.06. The minimum Gasteiger partial charge on any atom is -0.378 e. The van der Waals surface area contributed by atoms with Gasteiger partial charge in [-0.25, -0.2) is 9.97 Å². The van der Waals surface area contributed by atoms with Gasteiger partial charge >= 0.3 is 0 Å². The molecule has 0 saturated carbocycles. The molecule has 0 bridgehead atoms. The van der Waals surface area contributed by atoms with Crippen molar-refractivity contribution in [1.29, 1.82) is 0 Å². The van der Waals surface area contributed by atoms with E-state index in [1.807, 2.05) is 60.9 Å². The van der Waals surface area contributed by atoms with Crippen molar-refractivity contribution in [1.82, 2.24) is 15.0 Å². The van der Waals surface area contributed by atoms with Crippen molar-refractivity contribution in [2.75, 3.05) is 31.2 Å². The maximum Gasteiger partial charge on any atom is 0.162 e. The summed E-state index contributed by atoms with van der Waals surface area (Å²) in [6, 6.07) is 24.6. The zero-order valence-corrected chi connectivity index (χ0v) is 16.6. The Hall–Kier alpha value is -3.57. The molecule has 1 saturated heterocycles. The number of nitrogens with zero attached hydrogens (tertiary/aromatic N) is 4. The van der Waals surface area contributed by atoms with Gasteiger partial charge in [0, 0.05) is 48.2 Å². The van der Waals surface area contributed by atoms with E-state index in [9.17, 15) is 0 Å². The third-order valence-corrected chi connectivity index (χ3v) is 5.22. The summed E-state index contributed by atoms with van der Waals surface area (Å²) in [4.78, 5) is 16.5. The van der Waals surface area contributed by atoms with Crippen molar-refractivity contribution in [3.63, 3.8) is 0 Å². The second-order valence-electron chi connectivity index (χ2n) is 7.23. The molecule has 4 aromatic rings. The molecule has 3 heterocycles. The molecule has 0 atom stereocenters. The van der Waals surface area contributed by atoms with Crippen LogP contribution in [0, 0.1) is 0 Å². The molecule has 1 aliphatic rings. The predicted molar refractivity (Wildman–Crippen MR) is 119 cm³/mol. The molecular weight excluding hydrogens is 372 g/mol. The lowest BCUT2D eigenvalue weighted by atomic mass is 10.0. The predicted octanol–water partition coefficient (Wildman–Crippen LogP) is 4.71. The molecule has 148 valence electrons. The first kappa shape index (κ1) is 18.5. The van der Waals surface area contributed by atoms with Crippen LogP contribution >= 0.6 is 0 Å². The number of morpholine rings is 1. The fraction of sp³-hybridized carbons (Fsp3) is 0.160. The first-order valence-corrected chi connectivity index (χ1v) is 10.1. The highest BCUT2D eigenvalue weighted by atomic mass is 16.5. The van der Waals surface area contributed by atoms with Gasteiger partial charge in [0.05, 0.1) is 18.9 Å². The monoisotopic (exact) mass is 394 g/mol. The van der Waals surface area contributed by atoms with E-state index < -0.39 is 0 Å². The molecule has 30 heavy (non-hydrogen) atoms. The molecule has 2 aromatic carbocycles. The Balaban J connectivity index is 1.60. The van der Waals surface area contributed by atoms with Crippen molar-refractivity contribution in [3.8, 4) is 33.8 Å². The molecule has 5 rings (SSSR count). The third kappa shape index (κ3) is 3.93. The maximum absolute atomic E-state index is 5.52. The van der Waals surface area contributed by atoms with Crippen molar-refractivity contribution in [2.45, 2.75) is 0 Å². The average molecular weight is 394 g/mol. The van der Waals surface area contributed by atoms with Crippen LogP contribution in [0.4, 0.5) is 5.82 Å². The largest absolute Gasteiger partial charge is 0.378 e. The number of anilines is 1. The van der Waals surface area contributed by atoms with Crippen LogP contribution in [0.1, 0.15) is 0 Å². The summed E-state index contributed by atoms with van der Waals surface area (Å²) in [6.45, 7) is 3.08. The second-order valence-corrected chi connectivity index (χ2v) is 7.23. The van der Waals surface area contributed by atoms with Crippen LogP contribution in [-0.4, -0.2) is 41.3 Å². The van der Waals surface area contributed by atoms with Crippen LogP contribution in [0.5, 0.6) is 0 Å². The highest BCUT2D eigenvalue weighted by Crippen LogP contribution is 2.29. The Bertz CT molecular complexity index is 1130. The van der Waals surface area contributed by atoms with Gasteiger partial charge in [0.25, 0.3) is 0 Å². The Morgan fingerprint density at radius 3 is 2.07 bits per heavy atom. The van der Waals surface area contributed by atoms with Crippen LogP contribution in [0.2, 0.25) is 0 Å². The number of rotatable bonds is 4. The van der Waals surface area contributed by atoms with Crippen molar-refractivity contribution in [2.24, 2.45) is 0 Å². The summed E-state index contributed by atoms with van der Waals surface area (Å²) in [5.74, 6) is 1.65. The smallest absolute Gasteiger partial charge is 0.162 e. The fourth-order valence-corrected chi connectivity index (χ4v) is 3.62. The summed E-state index contributed by atoms with van der Waals surface area (Å²) < 4.78 is 5.52. The van der Waals surface area contributed by atoms with E-state index in [1.165, 1.54) is 0 Å². The van der Waals surface area contributed by atoms with Gasteiger partial charge in [-0.2, -0.15) is 0 Å². The standard InChI is InChI=1S/C25H22N4O/c1-3-7-19(8-4-1)21-15-22(18-26-17-21)23-16-24(29-11-13-30-14-12-29)28-25(27-23)20-9-5-2-6-10-20/h1-10,15-18H,11-14H2. The second kappa shape index (κ2) is 8.43. The van der Waals surface area contributed by atoms with E-state index in [0.717, 1.165) is 52.7 Å². The normalized spacial score (nSPS) is 13.9. The molecule has 0 unspecified atom stereocenters. The highest BCUT2D eigenvalue weighted by molar-refractivity contribution is 5.73. The van der Waals surface area contributed by atoms with E-state index in [4.69, 9.17) is 14.7 Å². The number of benzene rings is 2. The highest BCUT2D eigenvalue weighted by Gasteiger charge is 2.17. The molecule has 0 radical (unpaired) electrons. The van der Waals surface area contributed by atoms with Gasteiger partial charge in [0.1, 0.15) is 5.82 Å². The van der Waals surface area contributed by atoms with Gasteiger partial charge in [-0.1, -0.05) is 60.7 Å². The average Bonchev–Trinajstić information content (AvgIpc) is 2.85. The van der Waals surface area contributed by atoms with E-state index in [-0.39, 0.29) is 0 Å².